The molecule has 0 saturated heterocycles. The molecule has 2 aliphatic rings. The lowest BCUT2D eigenvalue weighted by molar-refractivity contribution is 0.0684. The Morgan fingerprint density at radius 2 is 2.14 bits per heavy atom. The molecule has 0 radical (unpaired) electrons. The summed E-state index contributed by atoms with van der Waals surface area (Å²) in [4.78, 5) is 16.0. The lowest BCUT2D eigenvalue weighted by Crippen LogP contribution is -2.34. The smallest absolute Gasteiger partial charge is 0.292 e. The van der Waals surface area contributed by atoms with E-state index in [1.807, 2.05) is 21.6 Å². The van der Waals surface area contributed by atoms with Crippen LogP contribution in [0.1, 0.15) is 22.0 Å². The lowest BCUT2D eigenvalue weighted by atomic mass is 10.2. The van der Waals surface area contributed by atoms with E-state index in [1.165, 1.54) is 10.5 Å². The van der Waals surface area contributed by atoms with Crippen LogP contribution in [-0.4, -0.2) is 44.5 Å². The van der Waals surface area contributed by atoms with Crippen molar-refractivity contribution in [1.29, 1.82) is 0 Å². The number of aromatic nitrogens is 3. The van der Waals surface area contributed by atoms with Gasteiger partial charge in [0.1, 0.15) is 6.61 Å². The van der Waals surface area contributed by atoms with E-state index in [-0.39, 0.29) is 5.91 Å². The van der Waals surface area contributed by atoms with E-state index in [0.29, 0.717) is 32.1 Å². The van der Waals surface area contributed by atoms with Gasteiger partial charge in [0, 0.05) is 30.3 Å². The van der Waals surface area contributed by atoms with Gasteiger partial charge in [-0.05, 0) is 11.6 Å². The second-order valence-corrected chi connectivity index (χ2v) is 6.46. The van der Waals surface area contributed by atoms with Crippen LogP contribution in [-0.2, 0) is 24.4 Å². The maximum absolute atomic E-state index is 12.8. The minimum atomic E-state index is -0.0436. The van der Waals surface area contributed by atoms with Crippen LogP contribution in [0.25, 0.3) is 0 Å². The molecule has 0 aliphatic carbocycles. The Bertz CT molecular complexity index is 715. The van der Waals surface area contributed by atoms with Crippen molar-refractivity contribution in [1.82, 2.24) is 19.7 Å². The number of ether oxygens (including phenoxy) is 1. The first-order chi connectivity index (χ1) is 10.8. The average Bonchev–Trinajstić information content (AvgIpc) is 2.86. The standard InChI is InChI=1S/C15H16N4O2S/c20-15(14-17-16-13-10-21-7-5-19(13)14)18-6-8-22-12-4-2-1-3-11(12)9-18/h1-4H,5-10H2. The highest BCUT2D eigenvalue weighted by Crippen LogP contribution is 2.27. The Hall–Kier alpha value is -1.86. The third-order valence-electron chi connectivity index (χ3n) is 3.95. The van der Waals surface area contributed by atoms with Crippen LogP contribution in [0, 0.1) is 0 Å². The van der Waals surface area contributed by atoms with Crippen molar-refractivity contribution in [2.24, 2.45) is 0 Å². The minimum Gasteiger partial charge on any atom is -0.372 e. The largest absolute Gasteiger partial charge is 0.372 e. The number of fused-ring (bicyclic) bond motifs is 2. The normalized spacial score (nSPS) is 17.5. The molecule has 1 amide bonds. The molecule has 0 N–H and O–H groups in total. The number of benzene rings is 1. The molecule has 0 fully saturated rings. The van der Waals surface area contributed by atoms with Crippen LogP contribution in [0.15, 0.2) is 29.2 Å². The summed E-state index contributed by atoms with van der Waals surface area (Å²) < 4.78 is 7.23. The molecule has 4 rings (SSSR count). The van der Waals surface area contributed by atoms with Crippen molar-refractivity contribution in [3.05, 3.63) is 41.5 Å². The van der Waals surface area contributed by atoms with Crippen LogP contribution in [0.5, 0.6) is 0 Å². The van der Waals surface area contributed by atoms with Crippen molar-refractivity contribution in [3.8, 4) is 0 Å². The highest BCUT2D eigenvalue weighted by Gasteiger charge is 2.27. The summed E-state index contributed by atoms with van der Waals surface area (Å²) in [6.45, 7) is 3.02. The van der Waals surface area contributed by atoms with Gasteiger partial charge in [0.25, 0.3) is 5.91 Å². The predicted molar refractivity (Wildman–Crippen MR) is 81.6 cm³/mol. The Balaban J connectivity index is 1.62. The molecule has 2 aliphatic heterocycles. The van der Waals surface area contributed by atoms with Gasteiger partial charge in [-0.1, -0.05) is 18.2 Å². The topological polar surface area (TPSA) is 60.3 Å². The Kier molecular flexibility index (Phi) is 3.59. The number of hydrogen-bond acceptors (Lipinski definition) is 5. The average molecular weight is 316 g/mol. The Morgan fingerprint density at radius 1 is 1.23 bits per heavy atom. The molecule has 0 bridgehead atoms. The first-order valence-electron chi connectivity index (χ1n) is 7.33. The van der Waals surface area contributed by atoms with E-state index in [2.05, 4.69) is 22.3 Å². The van der Waals surface area contributed by atoms with Gasteiger partial charge in [-0.2, -0.15) is 0 Å². The van der Waals surface area contributed by atoms with Crippen LogP contribution >= 0.6 is 11.8 Å². The molecule has 1 aromatic heterocycles. The van der Waals surface area contributed by atoms with Crippen molar-refractivity contribution < 1.29 is 9.53 Å². The molecule has 114 valence electrons. The van der Waals surface area contributed by atoms with Gasteiger partial charge in [-0.15, -0.1) is 22.0 Å². The summed E-state index contributed by atoms with van der Waals surface area (Å²) in [5, 5.41) is 8.17. The number of thioether (sulfide) groups is 1. The molecule has 7 heteroatoms. The maximum Gasteiger partial charge on any atom is 0.292 e. The number of nitrogens with zero attached hydrogens (tertiary/aromatic N) is 4. The fraction of sp³-hybridized carbons (Fsp3) is 0.400. The van der Waals surface area contributed by atoms with Crippen LogP contribution in [0.2, 0.25) is 0 Å². The Morgan fingerprint density at radius 3 is 3.09 bits per heavy atom. The molecule has 0 spiro atoms. The summed E-state index contributed by atoms with van der Waals surface area (Å²) in [6, 6.07) is 8.26. The van der Waals surface area contributed by atoms with E-state index in [1.54, 1.807) is 11.8 Å². The molecule has 0 unspecified atom stereocenters. The van der Waals surface area contributed by atoms with Crippen LogP contribution in [0.4, 0.5) is 0 Å². The summed E-state index contributed by atoms with van der Waals surface area (Å²) in [6.07, 6.45) is 0. The quantitative estimate of drug-likeness (QED) is 0.799. The van der Waals surface area contributed by atoms with Crippen molar-refractivity contribution in [3.63, 3.8) is 0 Å². The van der Waals surface area contributed by atoms with E-state index in [9.17, 15) is 4.79 Å². The predicted octanol–water partition coefficient (Wildman–Crippen LogP) is 1.56. The van der Waals surface area contributed by atoms with Crippen molar-refractivity contribution in [2.45, 2.75) is 24.6 Å². The number of carbonyl (C=O) groups excluding carboxylic acids is 1. The Labute approximate surface area is 132 Å². The molecule has 1 aromatic carbocycles. The van der Waals surface area contributed by atoms with Gasteiger partial charge in [0.2, 0.25) is 5.82 Å². The number of amides is 1. The molecular formula is C15H16N4O2S. The van der Waals surface area contributed by atoms with Gasteiger partial charge < -0.3 is 14.2 Å². The number of carbonyl (C=O) groups is 1. The summed E-state index contributed by atoms with van der Waals surface area (Å²) in [7, 11) is 0. The van der Waals surface area contributed by atoms with E-state index in [0.717, 1.165) is 18.1 Å². The zero-order chi connectivity index (χ0) is 14.9. The lowest BCUT2D eigenvalue weighted by Gasteiger charge is -2.21. The van der Waals surface area contributed by atoms with Crippen molar-refractivity contribution >= 4 is 17.7 Å². The summed E-state index contributed by atoms with van der Waals surface area (Å²) in [5.41, 5.74) is 1.19. The van der Waals surface area contributed by atoms with Crippen molar-refractivity contribution in [2.75, 3.05) is 18.9 Å². The molecule has 3 heterocycles. The second-order valence-electron chi connectivity index (χ2n) is 5.33. The third kappa shape index (κ3) is 2.40. The fourth-order valence-corrected chi connectivity index (χ4v) is 3.82. The summed E-state index contributed by atoms with van der Waals surface area (Å²) in [5.74, 6) is 2.02. The SMILES string of the molecule is O=C(c1nnc2n1CCOC2)N1CCSc2ccccc2C1. The van der Waals surface area contributed by atoms with E-state index < -0.39 is 0 Å². The first-order valence-corrected chi connectivity index (χ1v) is 8.31. The van der Waals surface area contributed by atoms with Crippen LogP contribution < -0.4 is 0 Å². The molecule has 6 nitrogen and oxygen atoms in total. The number of rotatable bonds is 1. The maximum atomic E-state index is 12.8. The van der Waals surface area contributed by atoms with E-state index >= 15 is 0 Å². The van der Waals surface area contributed by atoms with Gasteiger partial charge in [0.05, 0.1) is 6.61 Å². The molecule has 22 heavy (non-hydrogen) atoms. The highest BCUT2D eigenvalue weighted by atomic mass is 32.2. The minimum absolute atomic E-state index is 0.0436. The third-order valence-corrected chi connectivity index (χ3v) is 5.04. The first kappa shape index (κ1) is 13.8. The van der Waals surface area contributed by atoms with Gasteiger partial charge >= 0.3 is 0 Å². The zero-order valence-corrected chi connectivity index (χ0v) is 12.9. The fourth-order valence-electron chi connectivity index (χ4n) is 2.80. The molecule has 0 saturated carbocycles. The van der Waals surface area contributed by atoms with Gasteiger partial charge in [0.15, 0.2) is 5.82 Å². The molecule has 0 atom stereocenters. The van der Waals surface area contributed by atoms with Gasteiger partial charge in [-0.25, -0.2) is 0 Å². The number of hydrogen-bond donors (Lipinski definition) is 0. The van der Waals surface area contributed by atoms with Crippen LogP contribution in [0.3, 0.4) is 0 Å². The molecular weight excluding hydrogens is 300 g/mol. The highest BCUT2D eigenvalue weighted by molar-refractivity contribution is 7.99. The second kappa shape index (κ2) is 5.73. The van der Waals surface area contributed by atoms with Gasteiger partial charge in [-0.3, -0.25) is 4.79 Å². The summed E-state index contributed by atoms with van der Waals surface area (Å²) >= 11 is 1.80. The zero-order valence-electron chi connectivity index (χ0n) is 12.1. The molecule has 2 aromatic rings. The monoisotopic (exact) mass is 316 g/mol. The van der Waals surface area contributed by atoms with E-state index in [4.69, 9.17) is 4.74 Å².